The Hall–Kier alpha value is -2.63. The highest BCUT2D eigenvalue weighted by Crippen LogP contribution is 2.48. The molecule has 0 saturated carbocycles. The molecule has 1 saturated heterocycles. The maximum absolute atomic E-state index is 13.9. The zero-order valence-electron chi connectivity index (χ0n) is 13.8. The van der Waals surface area contributed by atoms with Crippen LogP contribution in [0.2, 0.25) is 0 Å². The number of carbonyl (C=O) groups excluding carboxylic acids is 1. The van der Waals surface area contributed by atoms with Crippen molar-refractivity contribution in [2.24, 2.45) is 12.5 Å². The Morgan fingerprint density at radius 2 is 2.21 bits per heavy atom. The standard InChI is InChI=1S/C18H18FN3O2/c1-18(2)10-22(15(18)16-20-5-6-21(16)3)17(23)13-9-12(19)8-11-4-7-24-14(11)13/h4-9,15H,10H2,1-3H3. The van der Waals surface area contributed by atoms with Gasteiger partial charge in [0.05, 0.1) is 17.9 Å². The molecule has 0 spiro atoms. The van der Waals surface area contributed by atoms with Crippen molar-refractivity contribution in [1.82, 2.24) is 14.5 Å². The summed E-state index contributed by atoms with van der Waals surface area (Å²) < 4.78 is 21.2. The minimum absolute atomic E-state index is 0.0929. The van der Waals surface area contributed by atoms with E-state index >= 15 is 0 Å². The predicted octanol–water partition coefficient (Wildman–Crippen LogP) is 3.53. The van der Waals surface area contributed by atoms with Gasteiger partial charge in [0.2, 0.25) is 0 Å². The van der Waals surface area contributed by atoms with Gasteiger partial charge in [-0.3, -0.25) is 4.79 Å². The van der Waals surface area contributed by atoms with E-state index in [2.05, 4.69) is 18.8 Å². The number of hydrogen-bond donors (Lipinski definition) is 0. The van der Waals surface area contributed by atoms with Gasteiger partial charge in [-0.15, -0.1) is 0 Å². The predicted molar refractivity (Wildman–Crippen MR) is 86.9 cm³/mol. The van der Waals surface area contributed by atoms with Gasteiger partial charge in [0, 0.05) is 36.8 Å². The number of furan rings is 1. The van der Waals surface area contributed by atoms with E-state index in [9.17, 15) is 9.18 Å². The van der Waals surface area contributed by atoms with Crippen LogP contribution in [0.25, 0.3) is 11.0 Å². The number of benzene rings is 1. The van der Waals surface area contributed by atoms with Crippen LogP contribution in [0, 0.1) is 11.2 Å². The molecule has 1 aromatic carbocycles. The summed E-state index contributed by atoms with van der Waals surface area (Å²) in [6.45, 7) is 4.79. The third-order valence-corrected chi connectivity index (χ3v) is 4.74. The van der Waals surface area contributed by atoms with Crippen molar-refractivity contribution in [2.45, 2.75) is 19.9 Å². The van der Waals surface area contributed by atoms with Gasteiger partial charge in [-0.25, -0.2) is 9.37 Å². The number of fused-ring (bicyclic) bond motifs is 1. The average Bonchev–Trinajstić information content (AvgIpc) is 3.13. The first-order valence-corrected chi connectivity index (χ1v) is 7.83. The Bertz CT molecular complexity index is 941. The third-order valence-electron chi connectivity index (χ3n) is 4.74. The number of amides is 1. The molecular weight excluding hydrogens is 309 g/mol. The van der Waals surface area contributed by atoms with Crippen molar-refractivity contribution in [3.8, 4) is 0 Å². The molecule has 1 aliphatic heterocycles. The van der Waals surface area contributed by atoms with E-state index < -0.39 is 5.82 Å². The molecule has 4 rings (SSSR count). The van der Waals surface area contributed by atoms with Gasteiger partial charge in [-0.1, -0.05) is 13.8 Å². The van der Waals surface area contributed by atoms with Crippen LogP contribution in [0.3, 0.4) is 0 Å². The average molecular weight is 327 g/mol. The summed E-state index contributed by atoms with van der Waals surface area (Å²) in [4.78, 5) is 19.2. The van der Waals surface area contributed by atoms with Crippen molar-refractivity contribution in [2.75, 3.05) is 6.54 Å². The SMILES string of the molecule is Cn1ccnc1C1N(C(=O)c2cc(F)cc3ccoc23)CC1(C)C. The molecule has 5 nitrogen and oxygen atoms in total. The molecule has 124 valence electrons. The van der Waals surface area contributed by atoms with Crippen LogP contribution >= 0.6 is 0 Å². The van der Waals surface area contributed by atoms with Gasteiger partial charge in [0.25, 0.3) is 5.91 Å². The van der Waals surface area contributed by atoms with E-state index in [1.54, 1.807) is 17.2 Å². The van der Waals surface area contributed by atoms with Crippen LogP contribution in [0.4, 0.5) is 4.39 Å². The van der Waals surface area contributed by atoms with Crippen LogP contribution < -0.4 is 0 Å². The Morgan fingerprint density at radius 3 is 2.88 bits per heavy atom. The molecule has 0 N–H and O–H groups in total. The second kappa shape index (κ2) is 4.93. The summed E-state index contributed by atoms with van der Waals surface area (Å²) >= 11 is 0. The van der Waals surface area contributed by atoms with Crippen molar-refractivity contribution in [3.63, 3.8) is 0 Å². The number of halogens is 1. The van der Waals surface area contributed by atoms with E-state index in [1.165, 1.54) is 18.4 Å². The Kier molecular flexibility index (Phi) is 3.07. The van der Waals surface area contributed by atoms with Crippen LogP contribution in [-0.4, -0.2) is 26.9 Å². The Labute approximate surface area is 138 Å². The minimum Gasteiger partial charge on any atom is -0.464 e. The van der Waals surface area contributed by atoms with E-state index in [0.717, 1.165) is 5.82 Å². The number of imidazole rings is 1. The molecule has 1 amide bonds. The molecule has 1 atom stereocenters. The lowest BCUT2D eigenvalue weighted by Gasteiger charge is -2.53. The monoisotopic (exact) mass is 327 g/mol. The van der Waals surface area contributed by atoms with Crippen molar-refractivity contribution >= 4 is 16.9 Å². The normalized spacial score (nSPS) is 19.5. The second-order valence-electron chi connectivity index (χ2n) is 7.01. The molecule has 1 unspecified atom stereocenters. The smallest absolute Gasteiger partial charge is 0.258 e. The van der Waals surface area contributed by atoms with Crippen LogP contribution in [0.1, 0.15) is 36.1 Å². The van der Waals surface area contributed by atoms with Gasteiger partial charge in [-0.2, -0.15) is 0 Å². The number of hydrogen-bond acceptors (Lipinski definition) is 3. The zero-order valence-corrected chi connectivity index (χ0v) is 13.8. The fourth-order valence-corrected chi connectivity index (χ4v) is 3.60. The summed E-state index contributed by atoms with van der Waals surface area (Å²) in [5, 5.41) is 0.590. The summed E-state index contributed by atoms with van der Waals surface area (Å²) in [6, 6.07) is 4.12. The Balaban J connectivity index is 1.76. The fourth-order valence-electron chi connectivity index (χ4n) is 3.60. The van der Waals surface area contributed by atoms with Crippen LogP contribution in [-0.2, 0) is 7.05 Å². The lowest BCUT2D eigenvalue weighted by Crippen LogP contribution is -2.58. The molecule has 2 aromatic heterocycles. The highest BCUT2D eigenvalue weighted by molar-refractivity contribution is 6.05. The van der Waals surface area contributed by atoms with Gasteiger partial charge in [0.1, 0.15) is 17.2 Å². The lowest BCUT2D eigenvalue weighted by atomic mass is 9.74. The first kappa shape index (κ1) is 14.9. The molecular formula is C18H18FN3O2. The number of nitrogens with zero attached hydrogens (tertiary/aromatic N) is 3. The summed E-state index contributed by atoms with van der Waals surface area (Å²) in [7, 11) is 1.91. The topological polar surface area (TPSA) is 51.3 Å². The molecule has 1 fully saturated rings. The van der Waals surface area contributed by atoms with Gasteiger partial charge >= 0.3 is 0 Å². The van der Waals surface area contributed by atoms with Crippen molar-refractivity contribution in [1.29, 1.82) is 0 Å². The number of rotatable bonds is 2. The molecule has 3 aromatic rings. The van der Waals surface area contributed by atoms with Gasteiger partial charge in [0.15, 0.2) is 0 Å². The Morgan fingerprint density at radius 1 is 1.42 bits per heavy atom. The van der Waals surface area contributed by atoms with Gasteiger partial charge in [-0.05, 0) is 18.2 Å². The van der Waals surface area contributed by atoms with Crippen molar-refractivity contribution < 1.29 is 13.6 Å². The zero-order chi connectivity index (χ0) is 17.1. The molecule has 24 heavy (non-hydrogen) atoms. The number of aryl methyl sites for hydroxylation is 1. The first-order chi connectivity index (χ1) is 11.4. The quantitative estimate of drug-likeness (QED) is 0.723. The van der Waals surface area contributed by atoms with E-state index in [-0.39, 0.29) is 22.9 Å². The van der Waals surface area contributed by atoms with Gasteiger partial charge < -0.3 is 13.9 Å². The number of aromatic nitrogens is 2. The van der Waals surface area contributed by atoms with Crippen LogP contribution in [0.15, 0.2) is 41.3 Å². The molecule has 6 heteroatoms. The maximum atomic E-state index is 13.9. The molecule has 0 radical (unpaired) electrons. The highest BCUT2D eigenvalue weighted by Gasteiger charge is 2.51. The van der Waals surface area contributed by atoms with Crippen molar-refractivity contribution in [3.05, 3.63) is 54.1 Å². The maximum Gasteiger partial charge on any atom is 0.258 e. The van der Waals surface area contributed by atoms with E-state index in [4.69, 9.17) is 4.42 Å². The molecule has 0 aliphatic carbocycles. The molecule has 0 bridgehead atoms. The van der Waals surface area contributed by atoms with E-state index in [0.29, 0.717) is 17.5 Å². The molecule has 3 heterocycles. The number of likely N-dealkylation sites (tertiary alicyclic amines) is 1. The molecule has 1 aliphatic rings. The lowest BCUT2D eigenvalue weighted by molar-refractivity contribution is -0.0374. The summed E-state index contributed by atoms with van der Waals surface area (Å²) in [5.41, 5.74) is 0.582. The highest BCUT2D eigenvalue weighted by atomic mass is 19.1. The minimum atomic E-state index is -0.444. The van der Waals surface area contributed by atoms with E-state index in [1.807, 2.05) is 17.8 Å². The third kappa shape index (κ3) is 2.06. The fraction of sp³-hybridized carbons (Fsp3) is 0.333. The number of carbonyl (C=O) groups is 1. The largest absolute Gasteiger partial charge is 0.464 e. The second-order valence-corrected chi connectivity index (χ2v) is 7.01. The summed E-state index contributed by atoms with van der Waals surface area (Å²) in [6.07, 6.45) is 5.05. The summed E-state index contributed by atoms with van der Waals surface area (Å²) in [5.74, 6) is 0.147. The van der Waals surface area contributed by atoms with Crippen LogP contribution in [0.5, 0.6) is 0 Å². The first-order valence-electron chi connectivity index (χ1n) is 7.83.